The lowest BCUT2D eigenvalue weighted by Crippen LogP contribution is -2.48. The van der Waals surface area contributed by atoms with Gasteiger partial charge in [-0.1, -0.05) is 31.4 Å². The first kappa shape index (κ1) is 20.1. The van der Waals surface area contributed by atoms with E-state index in [4.69, 9.17) is 4.74 Å². The van der Waals surface area contributed by atoms with Crippen LogP contribution in [0.25, 0.3) is 0 Å². The number of nitrogens with one attached hydrogen (secondary N) is 1. The first-order valence-electron chi connectivity index (χ1n) is 9.89. The second-order valence-corrected chi connectivity index (χ2v) is 9.62. The predicted molar refractivity (Wildman–Crippen MR) is 105 cm³/mol. The monoisotopic (exact) mass is 394 g/mol. The number of carbonyl (C=O) groups is 1. The van der Waals surface area contributed by atoms with E-state index in [1.807, 2.05) is 0 Å². The summed E-state index contributed by atoms with van der Waals surface area (Å²) in [5, 5.41) is 3.15. The van der Waals surface area contributed by atoms with Gasteiger partial charge in [0.05, 0.1) is 18.8 Å². The van der Waals surface area contributed by atoms with E-state index in [-0.39, 0.29) is 30.2 Å². The van der Waals surface area contributed by atoms with Gasteiger partial charge < -0.3 is 10.1 Å². The molecule has 1 N–H and O–H groups in total. The Kier molecular flexibility index (Phi) is 6.76. The Morgan fingerprint density at radius 2 is 1.96 bits per heavy atom. The maximum atomic E-state index is 12.9. The first-order chi connectivity index (χ1) is 13.0. The Bertz CT molecular complexity index is 744. The molecule has 1 aliphatic heterocycles. The fourth-order valence-corrected chi connectivity index (χ4v) is 5.64. The summed E-state index contributed by atoms with van der Waals surface area (Å²) >= 11 is 0. The largest absolute Gasteiger partial charge is 0.497 e. The summed E-state index contributed by atoms with van der Waals surface area (Å²) in [6.45, 7) is 0.768. The quantitative estimate of drug-likeness (QED) is 0.805. The van der Waals surface area contributed by atoms with E-state index in [0.717, 1.165) is 38.5 Å². The van der Waals surface area contributed by atoms with Gasteiger partial charge >= 0.3 is 0 Å². The van der Waals surface area contributed by atoms with E-state index in [0.29, 0.717) is 17.9 Å². The third-order valence-electron chi connectivity index (χ3n) is 5.58. The van der Waals surface area contributed by atoms with Crippen molar-refractivity contribution < 1.29 is 17.9 Å². The van der Waals surface area contributed by atoms with Crippen LogP contribution >= 0.6 is 0 Å². The van der Waals surface area contributed by atoms with Crippen molar-refractivity contribution in [2.45, 2.75) is 56.7 Å². The van der Waals surface area contributed by atoms with Crippen LogP contribution in [0.15, 0.2) is 24.3 Å². The Morgan fingerprint density at radius 3 is 2.70 bits per heavy atom. The zero-order valence-electron chi connectivity index (χ0n) is 16.0. The summed E-state index contributed by atoms with van der Waals surface area (Å²) in [5.74, 6) is 0.344. The number of piperidine rings is 1. The van der Waals surface area contributed by atoms with E-state index in [2.05, 4.69) is 5.32 Å². The van der Waals surface area contributed by atoms with Gasteiger partial charge in [0.1, 0.15) is 5.75 Å². The lowest BCUT2D eigenvalue weighted by molar-refractivity contribution is -0.127. The van der Waals surface area contributed by atoms with Crippen LogP contribution in [0, 0.1) is 5.92 Å². The van der Waals surface area contributed by atoms with Crippen molar-refractivity contribution in [2.24, 2.45) is 5.92 Å². The van der Waals surface area contributed by atoms with Crippen LogP contribution in [0.3, 0.4) is 0 Å². The third-order valence-corrected chi connectivity index (χ3v) is 7.40. The van der Waals surface area contributed by atoms with E-state index < -0.39 is 10.0 Å². The van der Waals surface area contributed by atoms with Crippen LogP contribution in [0.1, 0.15) is 50.5 Å². The molecule has 6 nitrogen and oxygen atoms in total. The molecule has 2 aliphatic rings. The van der Waals surface area contributed by atoms with Gasteiger partial charge in [0, 0.05) is 19.1 Å². The molecule has 1 saturated heterocycles. The summed E-state index contributed by atoms with van der Waals surface area (Å²) in [7, 11) is -1.90. The molecule has 1 aliphatic carbocycles. The van der Waals surface area contributed by atoms with Crippen LogP contribution in [-0.2, 0) is 20.6 Å². The average Bonchev–Trinajstić information content (AvgIpc) is 2.68. The van der Waals surface area contributed by atoms with Crippen LogP contribution < -0.4 is 10.1 Å². The Balaban J connectivity index is 1.60. The van der Waals surface area contributed by atoms with E-state index in [9.17, 15) is 13.2 Å². The molecule has 0 aromatic heterocycles. The fraction of sp³-hybridized carbons (Fsp3) is 0.650. The molecule has 1 aromatic rings. The summed E-state index contributed by atoms with van der Waals surface area (Å²) in [4.78, 5) is 12.6. The molecule has 1 saturated carbocycles. The van der Waals surface area contributed by atoms with Crippen LogP contribution in [0.4, 0.5) is 0 Å². The van der Waals surface area contributed by atoms with E-state index >= 15 is 0 Å². The number of carbonyl (C=O) groups excluding carboxylic acids is 1. The third kappa shape index (κ3) is 5.45. The van der Waals surface area contributed by atoms with Gasteiger partial charge in [0.15, 0.2) is 0 Å². The number of hydrogen-bond donors (Lipinski definition) is 1. The minimum Gasteiger partial charge on any atom is -0.497 e. The van der Waals surface area contributed by atoms with Crippen molar-refractivity contribution in [1.82, 2.24) is 9.62 Å². The zero-order valence-corrected chi connectivity index (χ0v) is 16.8. The maximum absolute atomic E-state index is 12.9. The van der Waals surface area contributed by atoms with Crippen molar-refractivity contribution in [3.8, 4) is 5.75 Å². The number of sulfonamides is 1. The minimum absolute atomic E-state index is 0.0168. The van der Waals surface area contributed by atoms with Crippen molar-refractivity contribution in [3.05, 3.63) is 29.8 Å². The topological polar surface area (TPSA) is 75.7 Å². The molecule has 0 bridgehead atoms. The van der Waals surface area contributed by atoms with Gasteiger partial charge in [-0.15, -0.1) is 0 Å². The molecule has 1 aromatic carbocycles. The highest BCUT2D eigenvalue weighted by Crippen LogP contribution is 2.24. The lowest BCUT2D eigenvalue weighted by Gasteiger charge is -2.32. The van der Waals surface area contributed by atoms with Crippen LogP contribution in [-0.4, -0.2) is 44.9 Å². The number of nitrogens with zero attached hydrogens (tertiary/aromatic N) is 1. The van der Waals surface area contributed by atoms with Gasteiger partial charge in [0.2, 0.25) is 15.9 Å². The van der Waals surface area contributed by atoms with Crippen LogP contribution in [0.5, 0.6) is 5.75 Å². The molecule has 0 spiro atoms. The molecule has 2 fully saturated rings. The normalized spacial score (nSPS) is 22.3. The summed E-state index contributed by atoms with van der Waals surface area (Å²) in [6, 6.07) is 7.38. The number of amides is 1. The molecule has 7 heteroatoms. The number of rotatable bonds is 6. The molecular formula is C20H30N2O4S. The second kappa shape index (κ2) is 9.06. The maximum Gasteiger partial charge on any atom is 0.224 e. The molecule has 1 amide bonds. The molecular weight excluding hydrogens is 364 g/mol. The number of benzene rings is 1. The molecule has 1 unspecified atom stereocenters. The van der Waals surface area contributed by atoms with E-state index in [1.165, 1.54) is 10.7 Å². The lowest BCUT2D eigenvalue weighted by atomic mass is 9.93. The predicted octanol–water partition coefficient (Wildman–Crippen LogP) is 2.69. The summed E-state index contributed by atoms with van der Waals surface area (Å²) < 4.78 is 32.4. The molecule has 1 atom stereocenters. The Morgan fingerprint density at radius 1 is 1.19 bits per heavy atom. The fourth-order valence-electron chi connectivity index (χ4n) is 4.04. The highest BCUT2D eigenvalue weighted by atomic mass is 32.2. The summed E-state index contributed by atoms with van der Waals surface area (Å²) in [6.07, 6.45) is 7.12. The number of ether oxygens (including phenoxy) is 1. The first-order valence-corrected chi connectivity index (χ1v) is 11.5. The van der Waals surface area contributed by atoms with Crippen molar-refractivity contribution in [3.63, 3.8) is 0 Å². The molecule has 27 heavy (non-hydrogen) atoms. The second-order valence-electron chi connectivity index (χ2n) is 7.65. The Labute approximate surface area is 162 Å². The van der Waals surface area contributed by atoms with Gasteiger partial charge in [-0.25, -0.2) is 12.7 Å². The van der Waals surface area contributed by atoms with Crippen molar-refractivity contribution in [2.75, 3.05) is 20.2 Å². The average molecular weight is 395 g/mol. The van der Waals surface area contributed by atoms with Crippen molar-refractivity contribution >= 4 is 15.9 Å². The minimum atomic E-state index is -3.46. The van der Waals surface area contributed by atoms with Crippen LogP contribution in [0.2, 0.25) is 0 Å². The smallest absolute Gasteiger partial charge is 0.224 e. The standard InChI is InChI=1S/C20H30N2O4S/c1-26-19-11-5-7-16(13-19)15-27(24,25)22-12-6-8-17(14-22)20(23)21-18-9-3-2-4-10-18/h5,7,11,13,17-18H,2-4,6,8-10,12,14-15H2,1H3,(H,21,23). The van der Waals surface area contributed by atoms with Gasteiger partial charge in [0.25, 0.3) is 0 Å². The number of hydrogen-bond acceptors (Lipinski definition) is 4. The highest BCUT2D eigenvalue weighted by molar-refractivity contribution is 7.88. The zero-order chi connectivity index (χ0) is 19.3. The highest BCUT2D eigenvalue weighted by Gasteiger charge is 2.33. The van der Waals surface area contributed by atoms with E-state index in [1.54, 1.807) is 31.4 Å². The van der Waals surface area contributed by atoms with Gasteiger partial charge in [-0.05, 0) is 43.4 Å². The Hall–Kier alpha value is -1.60. The summed E-state index contributed by atoms with van der Waals surface area (Å²) in [5.41, 5.74) is 0.697. The molecule has 150 valence electrons. The van der Waals surface area contributed by atoms with Gasteiger partial charge in [-0.3, -0.25) is 4.79 Å². The molecule has 0 radical (unpaired) electrons. The SMILES string of the molecule is COc1cccc(CS(=O)(=O)N2CCCC(C(=O)NC3CCCCC3)C2)c1. The van der Waals surface area contributed by atoms with Gasteiger partial charge in [-0.2, -0.15) is 0 Å². The number of methoxy groups -OCH3 is 1. The molecule has 1 heterocycles. The van der Waals surface area contributed by atoms with Crippen molar-refractivity contribution in [1.29, 1.82) is 0 Å². The molecule has 3 rings (SSSR count).